The summed E-state index contributed by atoms with van der Waals surface area (Å²) in [5.41, 5.74) is 0. The van der Waals surface area contributed by atoms with E-state index in [1.54, 1.807) is 0 Å². The second-order valence-corrected chi connectivity index (χ2v) is 7.02. The molecular weight excluding hydrogens is 258 g/mol. The standard InChI is InChI=1S/C19H37NO/c1-4-7-9-16(6-3)15-20-19(21)18-13-11-17(12-14-18)10-8-5-2/h16-18H,4-15H2,1-3H3,(H,20,21). The molecule has 1 aliphatic rings. The quantitative estimate of drug-likeness (QED) is 0.581. The Morgan fingerprint density at radius 1 is 1.05 bits per heavy atom. The molecule has 21 heavy (non-hydrogen) atoms. The van der Waals surface area contributed by atoms with E-state index in [-0.39, 0.29) is 0 Å². The second-order valence-electron chi connectivity index (χ2n) is 7.02. The van der Waals surface area contributed by atoms with Crippen LogP contribution in [0.5, 0.6) is 0 Å². The lowest BCUT2D eigenvalue weighted by molar-refractivity contribution is -0.126. The zero-order chi connectivity index (χ0) is 15.5. The van der Waals surface area contributed by atoms with Gasteiger partial charge in [0.2, 0.25) is 5.91 Å². The van der Waals surface area contributed by atoms with E-state index >= 15 is 0 Å². The number of unbranched alkanes of at least 4 members (excludes halogenated alkanes) is 2. The first-order chi connectivity index (χ1) is 10.2. The Kier molecular flexibility index (Phi) is 9.78. The molecule has 0 aromatic rings. The van der Waals surface area contributed by atoms with Gasteiger partial charge >= 0.3 is 0 Å². The SMILES string of the molecule is CCCCC1CCC(C(=O)NCC(CC)CCCC)CC1. The average molecular weight is 296 g/mol. The average Bonchev–Trinajstić information content (AvgIpc) is 2.53. The van der Waals surface area contributed by atoms with Gasteiger partial charge in [0.1, 0.15) is 0 Å². The molecule has 0 bridgehead atoms. The van der Waals surface area contributed by atoms with Crippen molar-refractivity contribution >= 4 is 5.91 Å². The van der Waals surface area contributed by atoms with Gasteiger partial charge in [-0.2, -0.15) is 0 Å². The Labute approximate surface area is 132 Å². The van der Waals surface area contributed by atoms with Crippen LogP contribution in [-0.2, 0) is 4.79 Å². The molecule has 1 unspecified atom stereocenters. The first-order valence-electron chi connectivity index (χ1n) is 9.48. The Hall–Kier alpha value is -0.530. The van der Waals surface area contributed by atoms with Gasteiger partial charge in [-0.25, -0.2) is 0 Å². The van der Waals surface area contributed by atoms with Gasteiger partial charge in [-0.3, -0.25) is 4.79 Å². The minimum Gasteiger partial charge on any atom is -0.356 e. The molecule has 1 aliphatic carbocycles. The summed E-state index contributed by atoms with van der Waals surface area (Å²) in [4.78, 5) is 12.3. The summed E-state index contributed by atoms with van der Waals surface area (Å²) < 4.78 is 0. The van der Waals surface area contributed by atoms with Crippen molar-refractivity contribution in [3.05, 3.63) is 0 Å². The monoisotopic (exact) mass is 295 g/mol. The number of carbonyl (C=O) groups excluding carboxylic acids is 1. The van der Waals surface area contributed by atoms with Crippen LogP contribution in [0.3, 0.4) is 0 Å². The van der Waals surface area contributed by atoms with Crippen LogP contribution in [0.4, 0.5) is 0 Å². The normalized spacial score (nSPS) is 23.8. The molecule has 0 heterocycles. The molecule has 1 amide bonds. The maximum atomic E-state index is 12.3. The van der Waals surface area contributed by atoms with Crippen LogP contribution in [0, 0.1) is 17.8 Å². The summed E-state index contributed by atoms with van der Waals surface area (Å²) >= 11 is 0. The minimum absolute atomic E-state index is 0.298. The van der Waals surface area contributed by atoms with Crippen molar-refractivity contribution in [1.29, 1.82) is 0 Å². The van der Waals surface area contributed by atoms with E-state index in [0.29, 0.717) is 17.7 Å². The summed E-state index contributed by atoms with van der Waals surface area (Å²) in [6, 6.07) is 0. The highest BCUT2D eigenvalue weighted by atomic mass is 16.1. The summed E-state index contributed by atoms with van der Waals surface area (Å²) in [5.74, 6) is 2.20. The molecule has 0 spiro atoms. The van der Waals surface area contributed by atoms with Crippen molar-refractivity contribution in [2.45, 2.75) is 91.4 Å². The molecule has 0 aromatic carbocycles. The topological polar surface area (TPSA) is 29.1 Å². The third-order valence-corrected chi connectivity index (χ3v) is 5.29. The molecular formula is C19H37NO. The zero-order valence-corrected chi connectivity index (χ0v) is 14.6. The van der Waals surface area contributed by atoms with E-state index in [2.05, 4.69) is 26.1 Å². The Morgan fingerprint density at radius 3 is 2.29 bits per heavy atom. The van der Waals surface area contributed by atoms with E-state index < -0.39 is 0 Å². The highest BCUT2D eigenvalue weighted by molar-refractivity contribution is 5.78. The first kappa shape index (κ1) is 18.5. The first-order valence-corrected chi connectivity index (χ1v) is 9.48. The lowest BCUT2D eigenvalue weighted by Crippen LogP contribution is -2.36. The maximum Gasteiger partial charge on any atom is 0.223 e. The van der Waals surface area contributed by atoms with Gasteiger partial charge < -0.3 is 5.32 Å². The predicted octanol–water partition coefficient (Wildman–Crippen LogP) is 5.32. The van der Waals surface area contributed by atoms with Gasteiger partial charge in [0.05, 0.1) is 0 Å². The van der Waals surface area contributed by atoms with E-state index in [1.807, 2.05) is 0 Å². The van der Waals surface area contributed by atoms with E-state index in [9.17, 15) is 4.79 Å². The third kappa shape index (κ3) is 7.33. The molecule has 1 saturated carbocycles. The largest absolute Gasteiger partial charge is 0.356 e. The number of carbonyl (C=O) groups is 1. The lowest BCUT2D eigenvalue weighted by atomic mass is 9.79. The second kappa shape index (κ2) is 11.1. The lowest BCUT2D eigenvalue weighted by Gasteiger charge is -2.28. The molecule has 2 heteroatoms. The van der Waals surface area contributed by atoms with E-state index in [1.165, 1.54) is 57.8 Å². The maximum absolute atomic E-state index is 12.3. The van der Waals surface area contributed by atoms with Crippen molar-refractivity contribution in [1.82, 2.24) is 5.32 Å². The van der Waals surface area contributed by atoms with Gasteiger partial charge in [-0.1, -0.05) is 59.3 Å². The molecule has 0 aliphatic heterocycles. The van der Waals surface area contributed by atoms with Crippen LogP contribution in [0.1, 0.15) is 91.4 Å². The summed E-state index contributed by atoms with van der Waals surface area (Å²) in [6.45, 7) is 7.64. The fourth-order valence-electron chi connectivity index (χ4n) is 3.54. The number of nitrogens with one attached hydrogen (secondary N) is 1. The number of rotatable bonds is 10. The minimum atomic E-state index is 0.298. The van der Waals surface area contributed by atoms with Crippen LogP contribution in [-0.4, -0.2) is 12.5 Å². The van der Waals surface area contributed by atoms with Crippen molar-refractivity contribution in [2.75, 3.05) is 6.54 Å². The van der Waals surface area contributed by atoms with Crippen LogP contribution in [0.15, 0.2) is 0 Å². The number of hydrogen-bond acceptors (Lipinski definition) is 1. The molecule has 1 fully saturated rings. The molecule has 124 valence electrons. The van der Waals surface area contributed by atoms with Gasteiger partial charge in [0.25, 0.3) is 0 Å². The zero-order valence-electron chi connectivity index (χ0n) is 14.6. The molecule has 1 N–H and O–H groups in total. The highest BCUT2D eigenvalue weighted by Gasteiger charge is 2.26. The number of amides is 1. The van der Waals surface area contributed by atoms with Gasteiger partial charge in [0.15, 0.2) is 0 Å². The van der Waals surface area contributed by atoms with Crippen LogP contribution in [0.25, 0.3) is 0 Å². The van der Waals surface area contributed by atoms with Crippen molar-refractivity contribution in [3.63, 3.8) is 0 Å². The van der Waals surface area contributed by atoms with E-state index in [0.717, 1.165) is 25.3 Å². The van der Waals surface area contributed by atoms with Crippen LogP contribution >= 0.6 is 0 Å². The Balaban J connectivity index is 2.21. The van der Waals surface area contributed by atoms with Crippen LogP contribution < -0.4 is 5.32 Å². The Morgan fingerprint density at radius 2 is 1.71 bits per heavy atom. The van der Waals surface area contributed by atoms with Gasteiger partial charge in [0, 0.05) is 12.5 Å². The molecule has 0 aromatic heterocycles. The fourth-order valence-corrected chi connectivity index (χ4v) is 3.54. The van der Waals surface area contributed by atoms with Crippen molar-refractivity contribution in [3.8, 4) is 0 Å². The summed E-state index contributed by atoms with van der Waals surface area (Å²) in [5, 5.41) is 3.23. The molecule has 1 atom stereocenters. The fraction of sp³-hybridized carbons (Fsp3) is 0.947. The molecule has 0 saturated heterocycles. The van der Waals surface area contributed by atoms with Crippen molar-refractivity contribution < 1.29 is 4.79 Å². The summed E-state index contributed by atoms with van der Waals surface area (Å²) in [7, 11) is 0. The van der Waals surface area contributed by atoms with Gasteiger partial charge in [-0.15, -0.1) is 0 Å². The molecule has 0 radical (unpaired) electrons. The molecule has 1 rings (SSSR count). The molecule has 2 nitrogen and oxygen atoms in total. The third-order valence-electron chi connectivity index (χ3n) is 5.29. The predicted molar refractivity (Wildman–Crippen MR) is 91.3 cm³/mol. The highest BCUT2D eigenvalue weighted by Crippen LogP contribution is 2.32. The van der Waals surface area contributed by atoms with Gasteiger partial charge in [-0.05, 0) is 43.9 Å². The Bertz CT molecular complexity index is 269. The van der Waals surface area contributed by atoms with E-state index in [4.69, 9.17) is 0 Å². The smallest absolute Gasteiger partial charge is 0.223 e. The van der Waals surface area contributed by atoms with Crippen LogP contribution in [0.2, 0.25) is 0 Å². The summed E-state index contributed by atoms with van der Waals surface area (Å²) in [6.07, 6.45) is 13.8. The van der Waals surface area contributed by atoms with Crippen molar-refractivity contribution in [2.24, 2.45) is 17.8 Å². The number of hydrogen-bond donors (Lipinski definition) is 1.